The lowest BCUT2D eigenvalue weighted by Crippen LogP contribution is -2.44. The molecule has 1 fully saturated rings. The Morgan fingerprint density at radius 2 is 1.88 bits per heavy atom. The molecule has 32 heavy (non-hydrogen) atoms. The summed E-state index contributed by atoms with van der Waals surface area (Å²) in [6.45, 7) is -0.0370. The summed E-state index contributed by atoms with van der Waals surface area (Å²) in [7, 11) is 1.59. The van der Waals surface area contributed by atoms with E-state index in [-0.39, 0.29) is 23.8 Å². The summed E-state index contributed by atoms with van der Waals surface area (Å²) in [5.74, 6) is -1.27. The first-order chi connectivity index (χ1) is 15.3. The molecule has 2 N–H and O–H groups in total. The van der Waals surface area contributed by atoms with E-state index >= 15 is 0 Å². The van der Waals surface area contributed by atoms with Gasteiger partial charge in [-0.25, -0.2) is 9.18 Å². The highest BCUT2D eigenvalue weighted by atomic mass is 32.1. The summed E-state index contributed by atoms with van der Waals surface area (Å²) in [5, 5.41) is 5.24. The average Bonchev–Trinajstić information content (AvgIpc) is 3.21. The zero-order valence-corrected chi connectivity index (χ0v) is 17.8. The summed E-state index contributed by atoms with van der Waals surface area (Å²) < 4.78 is 19.3. The minimum absolute atomic E-state index is 0.0370. The highest BCUT2D eigenvalue weighted by molar-refractivity contribution is 7.80. The van der Waals surface area contributed by atoms with Crippen molar-refractivity contribution in [2.45, 2.75) is 19.0 Å². The first kappa shape index (κ1) is 21.4. The molecule has 0 radical (unpaired) electrons. The molecule has 0 bridgehead atoms. The van der Waals surface area contributed by atoms with E-state index in [4.69, 9.17) is 16.7 Å². The molecule has 0 spiro atoms. The summed E-state index contributed by atoms with van der Waals surface area (Å²) in [4.78, 5) is 40.9. The van der Waals surface area contributed by atoms with Gasteiger partial charge in [-0.15, -0.1) is 0 Å². The molecule has 2 aromatic carbocycles. The van der Waals surface area contributed by atoms with Crippen LogP contribution in [0.25, 0.3) is 0 Å². The van der Waals surface area contributed by atoms with E-state index in [1.165, 1.54) is 38.7 Å². The predicted octanol–water partition coefficient (Wildman–Crippen LogP) is 1.46. The molecule has 164 valence electrons. The van der Waals surface area contributed by atoms with Gasteiger partial charge < -0.3 is 10.2 Å². The fraction of sp³-hybridized carbons (Fsp3) is 0.190. The van der Waals surface area contributed by atoms with Gasteiger partial charge in [0.05, 0.1) is 12.1 Å². The van der Waals surface area contributed by atoms with Crippen molar-refractivity contribution in [2.75, 3.05) is 10.2 Å². The minimum atomic E-state index is -0.947. The van der Waals surface area contributed by atoms with Crippen molar-refractivity contribution in [1.82, 2.24) is 10.2 Å². The molecule has 2 amide bonds. The zero-order chi connectivity index (χ0) is 22.8. The fourth-order valence-electron chi connectivity index (χ4n) is 3.44. The molecule has 1 aliphatic rings. The summed E-state index contributed by atoms with van der Waals surface area (Å²) in [6, 6.07) is 13.2. The van der Waals surface area contributed by atoms with E-state index in [0.29, 0.717) is 11.4 Å². The number of amides is 2. The quantitative estimate of drug-likeness (QED) is 0.430. The molecule has 1 aliphatic heterocycles. The zero-order valence-electron chi connectivity index (χ0n) is 16.9. The van der Waals surface area contributed by atoms with Crippen molar-refractivity contribution in [3.05, 3.63) is 76.5 Å². The Bertz CT molecular complexity index is 1220. The Hall–Kier alpha value is -3.86. The SMILES string of the molecule is C[n+]1[nH]oc(=O)c1CN1C(=S)N(c2ccccc2)C(=O)C1CC(=O)Nc1ccc(F)cc1. The van der Waals surface area contributed by atoms with Gasteiger partial charge >= 0.3 is 11.3 Å². The van der Waals surface area contributed by atoms with E-state index in [0.717, 1.165) is 0 Å². The van der Waals surface area contributed by atoms with Crippen LogP contribution in [0.5, 0.6) is 0 Å². The van der Waals surface area contributed by atoms with Crippen LogP contribution in [-0.4, -0.2) is 33.1 Å². The van der Waals surface area contributed by atoms with Gasteiger partial charge in [0.2, 0.25) is 5.91 Å². The van der Waals surface area contributed by atoms with Crippen LogP contribution in [0.1, 0.15) is 12.1 Å². The molecule has 4 rings (SSSR count). The Balaban J connectivity index is 1.62. The van der Waals surface area contributed by atoms with Crippen LogP contribution >= 0.6 is 12.2 Å². The summed E-state index contributed by atoms with van der Waals surface area (Å²) in [6.07, 6.45) is -0.223. The van der Waals surface area contributed by atoms with Crippen molar-refractivity contribution < 1.29 is 23.2 Å². The Morgan fingerprint density at radius 1 is 1.19 bits per heavy atom. The van der Waals surface area contributed by atoms with Crippen LogP contribution < -0.4 is 20.5 Å². The van der Waals surface area contributed by atoms with Gasteiger partial charge in [0.25, 0.3) is 5.91 Å². The molecule has 1 saturated heterocycles. The molecule has 0 aliphatic carbocycles. The first-order valence-electron chi connectivity index (χ1n) is 9.66. The number of nitrogens with one attached hydrogen (secondary N) is 2. The number of nitrogens with zero attached hydrogens (tertiary/aromatic N) is 3. The number of H-pyrrole nitrogens is 1. The van der Waals surface area contributed by atoms with Crippen molar-refractivity contribution in [1.29, 1.82) is 0 Å². The largest absolute Gasteiger partial charge is 0.431 e. The van der Waals surface area contributed by atoms with Crippen LogP contribution in [0.4, 0.5) is 15.8 Å². The number of aryl methyl sites for hydroxylation is 1. The van der Waals surface area contributed by atoms with E-state index in [9.17, 15) is 18.8 Å². The highest BCUT2D eigenvalue weighted by Gasteiger charge is 2.45. The van der Waals surface area contributed by atoms with Crippen molar-refractivity contribution in [2.24, 2.45) is 7.05 Å². The smallest absolute Gasteiger partial charge is 0.326 e. The van der Waals surface area contributed by atoms with Crippen molar-refractivity contribution in [3.63, 3.8) is 0 Å². The van der Waals surface area contributed by atoms with Gasteiger partial charge in [-0.3, -0.25) is 19.0 Å². The first-order valence-corrected chi connectivity index (χ1v) is 10.1. The number of hydrogen-bond acceptors (Lipinski definition) is 5. The topological polar surface area (TPSA) is 103 Å². The lowest BCUT2D eigenvalue weighted by atomic mass is 10.1. The van der Waals surface area contributed by atoms with Crippen LogP contribution in [0.15, 0.2) is 63.9 Å². The number of aromatic amines is 1. The van der Waals surface area contributed by atoms with Gasteiger partial charge in [-0.2, -0.15) is 0 Å². The fourth-order valence-corrected chi connectivity index (χ4v) is 3.83. The Morgan fingerprint density at radius 3 is 2.50 bits per heavy atom. The van der Waals surface area contributed by atoms with E-state index in [1.807, 2.05) is 6.07 Å². The molecule has 1 aromatic heterocycles. The van der Waals surface area contributed by atoms with Crippen LogP contribution in [0.3, 0.4) is 0 Å². The second-order valence-electron chi connectivity index (χ2n) is 7.18. The number of halogens is 1. The van der Waals surface area contributed by atoms with Crippen LogP contribution in [0.2, 0.25) is 0 Å². The normalized spacial score (nSPS) is 16.0. The standard InChI is InChI=1S/C21H18FN5O4S/c1-25-17(20(30)31-24-25)12-26-16(11-18(28)23-14-9-7-13(22)8-10-14)19(29)27(21(26)32)15-5-3-2-4-6-15/h2-10,16H,11-12H2,1H3,(H-,23,24,28,30)/p+1. The molecule has 11 heteroatoms. The maximum absolute atomic E-state index is 13.3. The molecule has 3 aromatic rings. The Labute approximate surface area is 187 Å². The third kappa shape index (κ3) is 4.14. The number of aromatic nitrogens is 2. The van der Waals surface area contributed by atoms with Gasteiger partial charge in [-0.05, 0) is 53.9 Å². The number of thiocarbonyl (C=S) groups is 1. The lowest BCUT2D eigenvalue weighted by Gasteiger charge is -2.21. The van der Waals surface area contributed by atoms with Gasteiger partial charge in [0.1, 0.15) is 18.4 Å². The number of carbonyl (C=O) groups excluding carboxylic acids is 2. The predicted molar refractivity (Wildman–Crippen MR) is 116 cm³/mol. The maximum Gasteiger partial charge on any atom is 0.431 e. The second-order valence-corrected chi connectivity index (χ2v) is 7.55. The molecule has 9 nitrogen and oxygen atoms in total. The average molecular weight is 456 g/mol. The second kappa shape index (κ2) is 8.71. The van der Waals surface area contributed by atoms with Crippen molar-refractivity contribution in [3.8, 4) is 0 Å². The monoisotopic (exact) mass is 456 g/mol. The van der Waals surface area contributed by atoms with Gasteiger partial charge in [0, 0.05) is 5.69 Å². The molecule has 1 atom stereocenters. The number of anilines is 2. The number of benzene rings is 2. The van der Waals surface area contributed by atoms with Gasteiger partial charge in [-0.1, -0.05) is 22.9 Å². The minimum Gasteiger partial charge on any atom is -0.326 e. The van der Waals surface area contributed by atoms with Crippen LogP contribution in [-0.2, 0) is 23.2 Å². The number of rotatable bonds is 6. The van der Waals surface area contributed by atoms with Crippen molar-refractivity contribution >= 4 is 40.5 Å². The summed E-state index contributed by atoms with van der Waals surface area (Å²) >= 11 is 5.56. The van der Waals surface area contributed by atoms with E-state index < -0.39 is 29.3 Å². The molecule has 1 unspecified atom stereocenters. The molecule has 0 saturated carbocycles. The molecular formula is C21H19FN5O4S+. The third-order valence-corrected chi connectivity index (χ3v) is 5.49. The number of para-hydroxylation sites is 1. The number of hydrogen-bond donors (Lipinski definition) is 2. The number of carbonyl (C=O) groups is 2. The maximum atomic E-state index is 13.3. The molecular weight excluding hydrogens is 437 g/mol. The summed E-state index contributed by atoms with van der Waals surface area (Å²) in [5.41, 5.74) is 0.586. The van der Waals surface area contributed by atoms with Gasteiger partial charge in [0.15, 0.2) is 12.2 Å². The lowest BCUT2D eigenvalue weighted by molar-refractivity contribution is -0.746. The van der Waals surface area contributed by atoms with E-state index in [1.54, 1.807) is 31.3 Å². The highest BCUT2D eigenvalue weighted by Crippen LogP contribution is 2.28. The third-order valence-electron chi connectivity index (χ3n) is 5.08. The van der Waals surface area contributed by atoms with Crippen LogP contribution in [0, 0.1) is 5.82 Å². The molecule has 2 heterocycles. The Kier molecular flexibility index (Phi) is 5.82. The van der Waals surface area contributed by atoms with E-state index in [2.05, 4.69) is 10.6 Å².